The molecule has 1 fully saturated rings. The van der Waals surface area contributed by atoms with Gasteiger partial charge in [-0.3, -0.25) is 4.79 Å². The van der Waals surface area contributed by atoms with Crippen LogP contribution in [0, 0.1) is 0 Å². The van der Waals surface area contributed by atoms with Crippen molar-refractivity contribution in [1.29, 1.82) is 0 Å². The SMILES string of the molecule is CCCCCCC(=O)C1CNCCO1. The molecule has 82 valence electrons. The standard InChI is InChI=1S/C11H21NO2/c1-2-3-4-5-6-10(13)11-9-12-7-8-14-11/h11-12H,2-9H2,1H3. The van der Waals surface area contributed by atoms with Crippen LogP contribution in [0.1, 0.15) is 39.0 Å². The second kappa shape index (κ2) is 6.96. The minimum Gasteiger partial charge on any atom is -0.368 e. The summed E-state index contributed by atoms with van der Waals surface area (Å²) in [6, 6.07) is 0. The third-order valence-electron chi connectivity index (χ3n) is 2.56. The number of morpholine rings is 1. The molecule has 1 aliphatic rings. The van der Waals surface area contributed by atoms with Crippen molar-refractivity contribution in [1.82, 2.24) is 5.32 Å². The first kappa shape index (κ1) is 11.7. The lowest BCUT2D eigenvalue weighted by atomic mass is 10.1. The van der Waals surface area contributed by atoms with Crippen LogP contribution in [0.15, 0.2) is 0 Å². The monoisotopic (exact) mass is 199 g/mol. The van der Waals surface area contributed by atoms with Gasteiger partial charge in [0, 0.05) is 19.5 Å². The van der Waals surface area contributed by atoms with Crippen LogP contribution in [0.2, 0.25) is 0 Å². The average Bonchev–Trinajstić information content (AvgIpc) is 2.25. The maximum atomic E-state index is 11.6. The predicted molar refractivity (Wildman–Crippen MR) is 56.4 cm³/mol. The van der Waals surface area contributed by atoms with Crippen LogP contribution >= 0.6 is 0 Å². The average molecular weight is 199 g/mol. The van der Waals surface area contributed by atoms with Crippen molar-refractivity contribution < 1.29 is 9.53 Å². The molecule has 1 N–H and O–H groups in total. The summed E-state index contributed by atoms with van der Waals surface area (Å²) in [6.07, 6.45) is 5.15. The predicted octanol–water partition coefficient (Wildman–Crippen LogP) is 1.51. The van der Waals surface area contributed by atoms with Crippen molar-refractivity contribution in [2.45, 2.75) is 45.1 Å². The van der Waals surface area contributed by atoms with Crippen molar-refractivity contribution >= 4 is 5.78 Å². The molecule has 0 aromatic carbocycles. The second-order valence-electron chi connectivity index (χ2n) is 3.84. The number of hydrogen-bond donors (Lipinski definition) is 1. The van der Waals surface area contributed by atoms with Gasteiger partial charge < -0.3 is 10.1 Å². The van der Waals surface area contributed by atoms with Gasteiger partial charge in [0.15, 0.2) is 5.78 Å². The number of ether oxygens (including phenoxy) is 1. The summed E-state index contributed by atoms with van der Waals surface area (Å²) < 4.78 is 5.38. The number of nitrogens with one attached hydrogen (secondary N) is 1. The van der Waals surface area contributed by atoms with Crippen molar-refractivity contribution in [3.63, 3.8) is 0 Å². The first-order valence-electron chi connectivity index (χ1n) is 5.69. The summed E-state index contributed by atoms with van der Waals surface area (Å²) in [6.45, 7) is 4.42. The number of Topliss-reactive ketones (excluding diaryl/α,β-unsaturated/α-hetero) is 1. The van der Waals surface area contributed by atoms with Gasteiger partial charge in [-0.2, -0.15) is 0 Å². The molecule has 0 aliphatic carbocycles. The van der Waals surface area contributed by atoms with Gasteiger partial charge in [0.25, 0.3) is 0 Å². The van der Waals surface area contributed by atoms with Gasteiger partial charge in [-0.05, 0) is 6.42 Å². The fraction of sp³-hybridized carbons (Fsp3) is 0.909. The molecule has 1 heterocycles. The number of rotatable bonds is 6. The zero-order valence-electron chi connectivity index (χ0n) is 9.05. The molecule has 1 aliphatic heterocycles. The summed E-state index contributed by atoms with van der Waals surface area (Å²) in [4.78, 5) is 11.6. The molecule has 1 unspecified atom stereocenters. The largest absolute Gasteiger partial charge is 0.368 e. The molecule has 0 amide bonds. The number of hydrogen-bond acceptors (Lipinski definition) is 3. The van der Waals surface area contributed by atoms with Gasteiger partial charge >= 0.3 is 0 Å². The Balaban J connectivity index is 2.07. The summed E-state index contributed by atoms with van der Waals surface area (Å²) in [5, 5.41) is 3.17. The molecule has 14 heavy (non-hydrogen) atoms. The highest BCUT2D eigenvalue weighted by molar-refractivity contribution is 5.83. The van der Waals surface area contributed by atoms with Crippen molar-refractivity contribution in [2.24, 2.45) is 0 Å². The molecule has 3 heteroatoms. The minimum atomic E-state index is -0.176. The maximum Gasteiger partial charge on any atom is 0.162 e. The first-order chi connectivity index (χ1) is 6.84. The quantitative estimate of drug-likeness (QED) is 0.659. The van der Waals surface area contributed by atoms with Gasteiger partial charge in [0.2, 0.25) is 0 Å². The Bertz CT molecular complexity index is 165. The van der Waals surface area contributed by atoms with Crippen LogP contribution in [0.3, 0.4) is 0 Å². The van der Waals surface area contributed by atoms with E-state index < -0.39 is 0 Å². The molecule has 0 spiro atoms. The van der Waals surface area contributed by atoms with E-state index in [0.29, 0.717) is 19.6 Å². The fourth-order valence-corrected chi connectivity index (χ4v) is 1.66. The van der Waals surface area contributed by atoms with E-state index in [0.717, 1.165) is 13.0 Å². The number of carbonyl (C=O) groups is 1. The molecule has 3 nitrogen and oxygen atoms in total. The Kier molecular flexibility index (Phi) is 5.80. The first-order valence-corrected chi connectivity index (χ1v) is 5.69. The van der Waals surface area contributed by atoms with E-state index in [1.807, 2.05) is 0 Å². The molecule has 1 rings (SSSR count). The van der Waals surface area contributed by atoms with E-state index in [1.165, 1.54) is 19.3 Å². The maximum absolute atomic E-state index is 11.6. The van der Waals surface area contributed by atoms with Gasteiger partial charge in [-0.25, -0.2) is 0 Å². The fourth-order valence-electron chi connectivity index (χ4n) is 1.66. The third-order valence-corrected chi connectivity index (χ3v) is 2.56. The summed E-state index contributed by atoms with van der Waals surface area (Å²) in [5.41, 5.74) is 0. The van der Waals surface area contributed by atoms with E-state index in [1.54, 1.807) is 0 Å². The molecular formula is C11H21NO2. The Morgan fingerprint density at radius 3 is 2.93 bits per heavy atom. The number of carbonyl (C=O) groups excluding carboxylic acids is 1. The van der Waals surface area contributed by atoms with Gasteiger partial charge in [0.1, 0.15) is 6.10 Å². The Labute approximate surface area is 86.2 Å². The van der Waals surface area contributed by atoms with E-state index in [4.69, 9.17) is 4.74 Å². The Morgan fingerprint density at radius 2 is 2.29 bits per heavy atom. The molecule has 0 radical (unpaired) electrons. The lowest BCUT2D eigenvalue weighted by Gasteiger charge is -2.22. The smallest absolute Gasteiger partial charge is 0.162 e. The van der Waals surface area contributed by atoms with Gasteiger partial charge in [-0.15, -0.1) is 0 Å². The molecule has 0 bridgehead atoms. The van der Waals surface area contributed by atoms with E-state index >= 15 is 0 Å². The minimum absolute atomic E-state index is 0.176. The lowest BCUT2D eigenvalue weighted by molar-refractivity contribution is -0.132. The highest BCUT2D eigenvalue weighted by atomic mass is 16.5. The Morgan fingerprint density at radius 1 is 1.43 bits per heavy atom. The molecule has 0 aromatic rings. The van der Waals surface area contributed by atoms with E-state index in [-0.39, 0.29) is 11.9 Å². The van der Waals surface area contributed by atoms with E-state index in [9.17, 15) is 4.79 Å². The lowest BCUT2D eigenvalue weighted by Crippen LogP contribution is -2.43. The van der Waals surface area contributed by atoms with Crippen LogP contribution in [0.25, 0.3) is 0 Å². The zero-order chi connectivity index (χ0) is 10.2. The van der Waals surface area contributed by atoms with Gasteiger partial charge in [-0.1, -0.05) is 26.2 Å². The second-order valence-corrected chi connectivity index (χ2v) is 3.84. The van der Waals surface area contributed by atoms with Crippen molar-refractivity contribution in [3.8, 4) is 0 Å². The highest BCUT2D eigenvalue weighted by Crippen LogP contribution is 2.07. The summed E-state index contributed by atoms with van der Waals surface area (Å²) in [5.74, 6) is 0.272. The van der Waals surface area contributed by atoms with Crippen LogP contribution < -0.4 is 5.32 Å². The molecule has 0 saturated carbocycles. The van der Waals surface area contributed by atoms with Crippen LogP contribution in [-0.2, 0) is 9.53 Å². The normalized spacial score (nSPS) is 22.2. The topological polar surface area (TPSA) is 38.3 Å². The number of ketones is 1. The number of unbranched alkanes of at least 4 members (excludes halogenated alkanes) is 3. The van der Waals surface area contributed by atoms with Crippen LogP contribution in [0.4, 0.5) is 0 Å². The Hall–Kier alpha value is -0.410. The third kappa shape index (κ3) is 4.20. The van der Waals surface area contributed by atoms with Crippen LogP contribution in [-0.4, -0.2) is 31.6 Å². The zero-order valence-corrected chi connectivity index (χ0v) is 9.05. The molecular weight excluding hydrogens is 178 g/mol. The molecule has 1 atom stereocenters. The van der Waals surface area contributed by atoms with Crippen LogP contribution in [0.5, 0.6) is 0 Å². The van der Waals surface area contributed by atoms with Gasteiger partial charge in [0.05, 0.1) is 6.61 Å². The highest BCUT2D eigenvalue weighted by Gasteiger charge is 2.20. The summed E-state index contributed by atoms with van der Waals surface area (Å²) >= 11 is 0. The van der Waals surface area contributed by atoms with Crippen molar-refractivity contribution in [2.75, 3.05) is 19.7 Å². The molecule has 1 saturated heterocycles. The van der Waals surface area contributed by atoms with Crippen molar-refractivity contribution in [3.05, 3.63) is 0 Å². The van der Waals surface area contributed by atoms with E-state index in [2.05, 4.69) is 12.2 Å². The molecule has 0 aromatic heterocycles. The summed E-state index contributed by atoms with van der Waals surface area (Å²) in [7, 11) is 0.